The molecule has 0 fully saturated rings. The van der Waals surface area contributed by atoms with Gasteiger partial charge in [0.1, 0.15) is 0 Å². The Labute approximate surface area is 152 Å². The third-order valence-electron chi connectivity index (χ3n) is 3.39. The number of carbonyl (C=O) groups excluding carboxylic acids is 1. The van der Waals surface area contributed by atoms with Crippen LogP contribution in [0.15, 0.2) is 58.3 Å². The van der Waals surface area contributed by atoms with Crippen molar-refractivity contribution in [3.63, 3.8) is 0 Å². The number of anilines is 1. The van der Waals surface area contributed by atoms with Gasteiger partial charge in [0.25, 0.3) is 5.91 Å². The van der Waals surface area contributed by atoms with Gasteiger partial charge in [0.15, 0.2) is 9.84 Å². The topological polar surface area (TPSA) is 87.0 Å². The van der Waals surface area contributed by atoms with Crippen molar-refractivity contribution < 1.29 is 13.2 Å². The summed E-state index contributed by atoms with van der Waals surface area (Å²) in [4.78, 5) is 13.5. The first kappa shape index (κ1) is 19.0. The summed E-state index contributed by atoms with van der Waals surface area (Å²) in [5.74, 6) is 0.227. The lowest BCUT2D eigenvalue weighted by molar-refractivity contribution is 0.102. The minimum absolute atomic E-state index is 0.0858. The minimum Gasteiger partial charge on any atom is -0.321 e. The second-order valence-electron chi connectivity index (χ2n) is 5.59. The van der Waals surface area contributed by atoms with Crippen LogP contribution >= 0.6 is 11.8 Å². The molecule has 0 bridgehead atoms. The Morgan fingerprint density at radius 2 is 1.84 bits per heavy atom. The van der Waals surface area contributed by atoms with Crippen LogP contribution in [0.3, 0.4) is 0 Å². The first-order chi connectivity index (χ1) is 11.8. The van der Waals surface area contributed by atoms with E-state index in [1.807, 2.05) is 25.1 Å². The van der Waals surface area contributed by atoms with E-state index < -0.39 is 9.84 Å². The summed E-state index contributed by atoms with van der Waals surface area (Å²) < 4.78 is 23.0. The Morgan fingerprint density at radius 1 is 1.20 bits per heavy atom. The second kappa shape index (κ2) is 8.19. The molecule has 0 aliphatic heterocycles. The molecule has 1 N–H and O–H groups in total. The van der Waals surface area contributed by atoms with Gasteiger partial charge in [-0.2, -0.15) is 5.26 Å². The maximum atomic E-state index is 12.4. The van der Waals surface area contributed by atoms with Crippen molar-refractivity contribution in [1.29, 1.82) is 5.26 Å². The normalized spacial score (nSPS) is 12.2. The number of hydrogen-bond acceptors (Lipinski definition) is 5. The molecule has 25 heavy (non-hydrogen) atoms. The van der Waals surface area contributed by atoms with Gasteiger partial charge < -0.3 is 5.32 Å². The van der Waals surface area contributed by atoms with Gasteiger partial charge in [-0.05, 0) is 43.3 Å². The molecule has 0 heterocycles. The molecule has 2 aromatic rings. The maximum absolute atomic E-state index is 12.4. The predicted molar refractivity (Wildman–Crippen MR) is 99.4 cm³/mol. The van der Waals surface area contributed by atoms with Gasteiger partial charge in [-0.1, -0.05) is 12.1 Å². The van der Waals surface area contributed by atoms with E-state index in [0.29, 0.717) is 17.0 Å². The van der Waals surface area contributed by atoms with E-state index in [0.717, 1.165) is 11.2 Å². The van der Waals surface area contributed by atoms with Crippen LogP contribution < -0.4 is 5.32 Å². The number of para-hydroxylation sites is 1. The third kappa shape index (κ3) is 5.34. The Balaban J connectivity index is 2.14. The van der Waals surface area contributed by atoms with Crippen LogP contribution in [-0.2, 0) is 9.84 Å². The summed E-state index contributed by atoms with van der Waals surface area (Å²) in [6.45, 7) is 1.84. The van der Waals surface area contributed by atoms with Gasteiger partial charge in [0.2, 0.25) is 0 Å². The summed E-state index contributed by atoms with van der Waals surface area (Å²) in [7, 11) is -3.29. The monoisotopic (exact) mass is 374 g/mol. The number of amides is 1. The molecular weight excluding hydrogens is 356 g/mol. The van der Waals surface area contributed by atoms with E-state index in [-0.39, 0.29) is 16.7 Å². The zero-order chi connectivity index (χ0) is 18.4. The third-order valence-corrected chi connectivity index (χ3v) is 5.85. The zero-order valence-electron chi connectivity index (χ0n) is 13.9. The number of nitrogens with zero attached hydrogens (tertiary/aromatic N) is 1. The summed E-state index contributed by atoms with van der Waals surface area (Å²) in [5.41, 5.74) is 1.03. The maximum Gasteiger partial charge on any atom is 0.255 e. The lowest BCUT2D eigenvalue weighted by atomic mass is 10.2. The van der Waals surface area contributed by atoms with Crippen LogP contribution in [0.2, 0.25) is 0 Å². The van der Waals surface area contributed by atoms with Crippen molar-refractivity contribution in [1.82, 2.24) is 0 Å². The van der Waals surface area contributed by atoms with Crippen molar-refractivity contribution in [2.75, 3.05) is 17.3 Å². The lowest BCUT2D eigenvalue weighted by Crippen LogP contribution is -2.13. The number of nitriles is 1. The first-order valence-electron chi connectivity index (χ1n) is 7.54. The van der Waals surface area contributed by atoms with Crippen molar-refractivity contribution in [2.45, 2.75) is 16.7 Å². The molecule has 0 aliphatic carbocycles. The van der Waals surface area contributed by atoms with Gasteiger partial charge in [-0.3, -0.25) is 4.79 Å². The number of rotatable bonds is 6. The van der Waals surface area contributed by atoms with Gasteiger partial charge in [0.05, 0.1) is 22.6 Å². The van der Waals surface area contributed by atoms with Crippen molar-refractivity contribution in [3.05, 3.63) is 54.1 Å². The molecule has 0 aliphatic rings. The van der Waals surface area contributed by atoms with Crippen LogP contribution in [0.4, 0.5) is 5.69 Å². The number of thioether (sulfide) groups is 1. The number of sulfone groups is 1. The molecule has 1 unspecified atom stereocenters. The molecule has 2 rings (SSSR count). The molecular formula is C18H18N2O3S2. The summed E-state index contributed by atoms with van der Waals surface area (Å²) in [5, 5.41) is 11.7. The number of carbonyl (C=O) groups is 1. The van der Waals surface area contributed by atoms with Crippen molar-refractivity contribution in [2.24, 2.45) is 5.92 Å². The average molecular weight is 374 g/mol. The molecule has 7 heteroatoms. The number of hydrogen-bond donors (Lipinski definition) is 1. The number of benzene rings is 2. The van der Waals surface area contributed by atoms with E-state index in [2.05, 4.69) is 11.4 Å². The fourth-order valence-corrected chi connectivity index (χ4v) is 3.58. The summed E-state index contributed by atoms with van der Waals surface area (Å²) >= 11 is 1.51. The van der Waals surface area contributed by atoms with Gasteiger partial charge in [0, 0.05) is 22.5 Å². The van der Waals surface area contributed by atoms with Gasteiger partial charge >= 0.3 is 0 Å². The molecule has 0 aromatic heterocycles. The van der Waals surface area contributed by atoms with Crippen LogP contribution in [0.1, 0.15) is 17.3 Å². The molecule has 130 valence electrons. The summed E-state index contributed by atoms with van der Waals surface area (Å²) in [6, 6.07) is 15.4. The Kier molecular flexibility index (Phi) is 6.23. The Morgan fingerprint density at radius 3 is 2.44 bits per heavy atom. The highest BCUT2D eigenvalue weighted by Gasteiger charge is 2.12. The quantitative estimate of drug-likeness (QED) is 0.781. The van der Waals surface area contributed by atoms with Gasteiger partial charge in [-0.25, -0.2) is 8.42 Å². The van der Waals surface area contributed by atoms with E-state index in [4.69, 9.17) is 5.26 Å². The zero-order valence-corrected chi connectivity index (χ0v) is 15.5. The van der Waals surface area contributed by atoms with Crippen molar-refractivity contribution >= 4 is 33.2 Å². The van der Waals surface area contributed by atoms with Crippen LogP contribution in [-0.4, -0.2) is 26.3 Å². The molecule has 1 amide bonds. The highest BCUT2D eigenvalue weighted by atomic mass is 32.2. The average Bonchev–Trinajstić information content (AvgIpc) is 2.60. The van der Waals surface area contributed by atoms with E-state index in [1.54, 1.807) is 6.07 Å². The fourth-order valence-electron chi connectivity index (χ4n) is 2.00. The van der Waals surface area contributed by atoms with E-state index in [9.17, 15) is 13.2 Å². The first-order valence-corrected chi connectivity index (χ1v) is 10.4. The molecule has 2 aromatic carbocycles. The smallest absolute Gasteiger partial charge is 0.255 e. The van der Waals surface area contributed by atoms with Crippen LogP contribution in [0, 0.1) is 17.2 Å². The summed E-state index contributed by atoms with van der Waals surface area (Å²) in [6.07, 6.45) is 1.12. The highest BCUT2D eigenvalue weighted by Crippen LogP contribution is 2.28. The lowest BCUT2D eigenvalue weighted by Gasteiger charge is -2.11. The van der Waals surface area contributed by atoms with E-state index >= 15 is 0 Å². The predicted octanol–water partition coefficient (Wildman–Crippen LogP) is 3.59. The Hall–Kier alpha value is -2.30. The molecule has 5 nitrogen and oxygen atoms in total. The molecule has 0 spiro atoms. The van der Waals surface area contributed by atoms with Gasteiger partial charge in [-0.15, -0.1) is 11.8 Å². The van der Waals surface area contributed by atoms with Crippen LogP contribution in [0.25, 0.3) is 0 Å². The van der Waals surface area contributed by atoms with E-state index in [1.165, 1.54) is 36.0 Å². The number of nitrogens with one attached hydrogen (secondary N) is 1. The fraction of sp³-hybridized carbons (Fsp3) is 0.222. The standard InChI is InChI=1S/C18H18N2O3S2/c1-13(11-19)12-24-17-6-4-3-5-16(17)20-18(21)14-7-9-15(10-8-14)25(2,22)23/h3-10,13H,12H2,1-2H3,(H,20,21). The largest absolute Gasteiger partial charge is 0.321 e. The van der Waals surface area contributed by atoms with Crippen LogP contribution in [0.5, 0.6) is 0 Å². The SMILES string of the molecule is CC(C#N)CSc1ccccc1NC(=O)c1ccc(S(C)(=O)=O)cc1. The minimum atomic E-state index is -3.29. The molecule has 0 saturated carbocycles. The van der Waals surface area contributed by atoms with Crippen molar-refractivity contribution in [3.8, 4) is 6.07 Å². The molecule has 1 atom stereocenters. The Bertz CT molecular complexity index is 901. The molecule has 0 radical (unpaired) electrons. The highest BCUT2D eigenvalue weighted by molar-refractivity contribution is 7.99. The molecule has 0 saturated heterocycles. The second-order valence-corrected chi connectivity index (χ2v) is 8.67.